The van der Waals surface area contributed by atoms with E-state index in [9.17, 15) is 0 Å². The predicted octanol–water partition coefficient (Wildman–Crippen LogP) is 1.90. The van der Waals surface area contributed by atoms with Gasteiger partial charge in [-0.05, 0) is 19.7 Å². The molecule has 1 aliphatic heterocycles. The van der Waals surface area contributed by atoms with E-state index in [0.29, 0.717) is 11.9 Å². The minimum atomic E-state index is 0.357. The number of rotatable bonds is 4. The maximum absolute atomic E-state index is 4.88. The molecule has 5 heteroatoms. The van der Waals surface area contributed by atoms with Crippen molar-refractivity contribution in [1.29, 1.82) is 0 Å². The Labute approximate surface area is 124 Å². The molecule has 2 heterocycles. The van der Waals surface area contributed by atoms with Crippen LogP contribution in [0.5, 0.6) is 0 Å². The number of nitrogens with zero attached hydrogens (tertiary/aromatic N) is 4. The quantitative estimate of drug-likeness (QED) is 0.858. The van der Waals surface area contributed by atoms with Gasteiger partial charge in [-0.2, -0.15) is 4.98 Å². The molecule has 1 unspecified atom stereocenters. The SMILES string of the molecule is CN(C)C1C=C(c2ncon2)CN(Cc2ccccc2)C1. The number of hydrogen-bond donors (Lipinski definition) is 0. The molecule has 0 saturated carbocycles. The van der Waals surface area contributed by atoms with Crippen LogP contribution in [0.4, 0.5) is 0 Å². The Morgan fingerprint density at radius 3 is 2.76 bits per heavy atom. The summed E-state index contributed by atoms with van der Waals surface area (Å²) >= 11 is 0. The van der Waals surface area contributed by atoms with Gasteiger partial charge in [0.05, 0.1) is 0 Å². The molecule has 0 saturated heterocycles. The second-order valence-corrected chi connectivity index (χ2v) is 5.63. The van der Waals surface area contributed by atoms with Crippen molar-refractivity contribution in [3.05, 3.63) is 54.2 Å². The summed E-state index contributed by atoms with van der Waals surface area (Å²) in [4.78, 5) is 8.83. The average Bonchev–Trinajstić information content (AvgIpc) is 3.02. The summed E-state index contributed by atoms with van der Waals surface area (Å²) in [5, 5.41) is 3.98. The lowest BCUT2D eigenvalue weighted by Gasteiger charge is -2.34. The summed E-state index contributed by atoms with van der Waals surface area (Å²) in [6, 6.07) is 10.9. The molecule has 0 spiro atoms. The Balaban J connectivity index is 1.79. The van der Waals surface area contributed by atoms with Crippen molar-refractivity contribution in [3.8, 4) is 0 Å². The van der Waals surface area contributed by atoms with Gasteiger partial charge in [-0.3, -0.25) is 4.90 Å². The fraction of sp³-hybridized carbons (Fsp3) is 0.375. The van der Waals surface area contributed by atoms with Gasteiger partial charge >= 0.3 is 0 Å². The van der Waals surface area contributed by atoms with Crippen molar-refractivity contribution < 1.29 is 4.52 Å². The third kappa shape index (κ3) is 3.37. The van der Waals surface area contributed by atoms with E-state index in [0.717, 1.165) is 25.2 Å². The summed E-state index contributed by atoms with van der Waals surface area (Å²) in [6.45, 7) is 2.78. The van der Waals surface area contributed by atoms with Crippen LogP contribution in [-0.2, 0) is 6.54 Å². The number of benzene rings is 1. The molecule has 0 aliphatic carbocycles. The summed E-state index contributed by atoms with van der Waals surface area (Å²) < 4.78 is 4.88. The second kappa shape index (κ2) is 6.20. The van der Waals surface area contributed by atoms with Crippen LogP contribution < -0.4 is 0 Å². The number of likely N-dealkylation sites (N-methyl/N-ethyl adjacent to an activating group) is 1. The first-order valence-electron chi connectivity index (χ1n) is 7.12. The first-order chi connectivity index (χ1) is 10.2. The van der Waals surface area contributed by atoms with Gasteiger partial charge in [0.15, 0.2) is 5.82 Å². The smallest absolute Gasteiger partial charge is 0.214 e. The van der Waals surface area contributed by atoms with E-state index < -0.39 is 0 Å². The first-order valence-corrected chi connectivity index (χ1v) is 7.12. The standard InChI is InChI=1S/C16H20N4O/c1-19(2)15-8-14(16-17-12-21-18-16)10-20(11-15)9-13-6-4-3-5-7-13/h3-8,12,15H,9-11H2,1-2H3. The van der Waals surface area contributed by atoms with Crippen molar-refractivity contribution >= 4 is 5.57 Å². The van der Waals surface area contributed by atoms with Gasteiger partial charge in [0.25, 0.3) is 0 Å². The molecule has 0 bridgehead atoms. The van der Waals surface area contributed by atoms with Gasteiger partial charge < -0.3 is 9.42 Å². The zero-order valence-corrected chi connectivity index (χ0v) is 12.4. The van der Waals surface area contributed by atoms with Crippen molar-refractivity contribution in [2.75, 3.05) is 27.2 Å². The molecule has 1 aromatic heterocycles. The highest BCUT2D eigenvalue weighted by atomic mass is 16.5. The molecule has 1 aromatic carbocycles. The molecular weight excluding hydrogens is 264 g/mol. The van der Waals surface area contributed by atoms with Gasteiger partial charge in [0.2, 0.25) is 6.39 Å². The van der Waals surface area contributed by atoms with Crippen molar-refractivity contribution in [3.63, 3.8) is 0 Å². The van der Waals surface area contributed by atoms with E-state index in [1.807, 2.05) is 6.07 Å². The predicted molar refractivity (Wildman–Crippen MR) is 81.5 cm³/mol. The highest BCUT2D eigenvalue weighted by molar-refractivity contribution is 5.62. The summed E-state index contributed by atoms with van der Waals surface area (Å²) in [6.07, 6.45) is 3.63. The zero-order valence-electron chi connectivity index (χ0n) is 12.4. The third-order valence-electron chi connectivity index (χ3n) is 3.79. The average molecular weight is 284 g/mol. The fourth-order valence-corrected chi connectivity index (χ4v) is 2.64. The van der Waals surface area contributed by atoms with Crippen LogP contribution in [-0.4, -0.2) is 53.2 Å². The van der Waals surface area contributed by atoms with Crippen LogP contribution in [0.1, 0.15) is 11.4 Å². The highest BCUT2D eigenvalue weighted by Gasteiger charge is 2.24. The molecule has 21 heavy (non-hydrogen) atoms. The fourth-order valence-electron chi connectivity index (χ4n) is 2.64. The van der Waals surface area contributed by atoms with Gasteiger partial charge in [0.1, 0.15) is 0 Å². The van der Waals surface area contributed by atoms with Crippen LogP contribution in [0.15, 0.2) is 47.3 Å². The first kappa shape index (κ1) is 14.0. The number of aromatic nitrogens is 2. The van der Waals surface area contributed by atoms with Crippen molar-refractivity contribution in [2.45, 2.75) is 12.6 Å². The maximum Gasteiger partial charge on any atom is 0.214 e. The van der Waals surface area contributed by atoms with E-state index in [2.05, 4.69) is 64.4 Å². The Morgan fingerprint density at radius 2 is 2.10 bits per heavy atom. The molecule has 110 valence electrons. The lowest BCUT2D eigenvalue weighted by molar-refractivity contribution is 0.208. The lowest BCUT2D eigenvalue weighted by Crippen LogP contribution is -2.43. The molecule has 1 atom stereocenters. The van der Waals surface area contributed by atoms with E-state index in [1.165, 1.54) is 12.0 Å². The summed E-state index contributed by atoms with van der Waals surface area (Å²) in [7, 11) is 4.20. The van der Waals surface area contributed by atoms with E-state index in [4.69, 9.17) is 4.52 Å². The Morgan fingerprint density at radius 1 is 1.29 bits per heavy atom. The largest absolute Gasteiger partial charge is 0.342 e. The van der Waals surface area contributed by atoms with Crippen LogP contribution in [0.2, 0.25) is 0 Å². The molecule has 1 aliphatic rings. The van der Waals surface area contributed by atoms with Gasteiger partial charge in [-0.1, -0.05) is 41.6 Å². The third-order valence-corrected chi connectivity index (χ3v) is 3.79. The van der Waals surface area contributed by atoms with Crippen molar-refractivity contribution in [2.24, 2.45) is 0 Å². The molecule has 0 amide bonds. The molecule has 5 nitrogen and oxygen atoms in total. The molecule has 0 fully saturated rings. The topological polar surface area (TPSA) is 45.4 Å². The van der Waals surface area contributed by atoms with Gasteiger partial charge in [0, 0.05) is 31.2 Å². The second-order valence-electron chi connectivity index (χ2n) is 5.63. The van der Waals surface area contributed by atoms with E-state index in [1.54, 1.807) is 0 Å². The lowest BCUT2D eigenvalue weighted by atomic mass is 10.0. The van der Waals surface area contributed by atoms with Gasteiger partial charge in [-0.25, -0.2) is 0 Å². The van der Waals surface area contributed by atoms with Crippen LogP contribution in [0.25, 0.3) is 5.57 Å². The molecule has 2 aromatic rings. The molecule has 0 radical (unpaired) electrons. The van der Waals surface area contributed by atoms with Crippen LogP contribution in [0, 0.1) is 0 Å². The Bertz CT molecular complexity index is 592. The van der Waals surface area contributed by atoms with E-state index >= 15 is 0 Å². The zero-order chi connectivity index (χ0) is 14.7. The van der Waals surface area contributed by atoms with Crippen LogP contribution in [0.3, 0.4) is 0 Å². The molecule has 0 N–H and O–H groups in total. The van der Waals surface area contributed by atoms with Crippen LogP contribution >= 0.6 is 0 Å². The Kier molecular flexibility index (Phi) is 4.13. The van der Waals surface area contributed by atoms with E-state index in [-0.39, 0.29) is 0 Å². The molecular formula is C16H20N4O. The minimum Gasteiger partial charge on any atom is -0.342 e. The number of hydrogen-bond acceptors (Lipinski definition) is 5. The normalized spacial score (nSPS) is 19.8. The highest BCUT2D eigenvalue weighted by Crippen LogP contribution is 2.21. The Hall–Kier alpha value is -1.98. The van der Waals surface area contributed by atoms with Gasteiger partial charge in [-0.15, -0.1) is 0 Å². The molecule has 3 rings (SSSR count). The summed E-state index contributed by atoms with van der Waals surface area (Å²) in [5.74, 6) is 0.694. The summed E-state index contributed by atoms with van der Waals surface area (Å²) in [5.41, 5.74) is 2.45. The maximum atomic E-state index is 4.88. The monoisotopic (exact) mass is 284 g/mol. The minimum absolute atomic E-state index is 0.357. The van der Waals surface area contributed by atoms with Crippen molar-refractivity contribution in [1.82, 2.24) is 19.9 Å².